The highest BCUT2D eigenvalue weighted by Crippen LogP contribution is 2.30. The zero-order valence-corrected chi connectivity index (χ0v) is 18.7. The number of rotatable bonds is 7. The second kappa shape index (κ2) is 9.46. The van der Waals surface area contributed by atoms with Gasteiger partial charge in [-0.1, -0.05) is 61.9 Å². The third-order valence-electron chi connectivity index (χ3n) is 6.21. The van der Waals surface area contributed by atoms with Crippen LogP contribution in [0.15, 0.2) is 48.5 Å². The van der Waals surface area contributed by atoms with E-state index in [2.05, 4.69) is 50.4 Å². The Labute approximate surface area is 180 Å². The Morgan fingerprint density at radius 3 is 2.53 bits per heavy atom. The lowest BCUT2D eigenvalue weighted by molar-refractivity contribution is -0.131. The maximum Gasteiger partial charge on any atom is 0.255 e. The molecule has 1 N–H and O–H groups in total. The third-order valence-corrected chi connectivity index (χ3v) is 6.21. The Morgan fingerprint density at radius 1 is 1.13 bits per heavy atom. The van der Waals surface area contributed by atoms with E-state index in [1.54, 1.807) is 0 Å². The van der Waals surface area contributed by atoms with Gasteiger partial charge in [0.25, 0.3) is 5.91 Å². The third kappa shape index (κ3) is 4.92. The van der Waals surface area contributed by atoms with Gasteiger partial charge in [-0.15, -0.1) is 0 Å². The van der Waals surface area contributed by atoms with Gasteiger partial charge in [0.1, 0.15) is 5.54 Å². The highest BCUT2D eigenvalue weighted by Gasteiger charge is 2.44. The van der Waals surface area contributed by atoms with Gasteiger partial charge in [0.15, 0.2) is 0 Å². The molecule has 1 aliphatic rings. The average Bonchev–Trinajstić information content (AvgIpc) is 2.83. The molecule has 1 aliphatic heterocycles. The smallest absolute Gasteiger partial charge is 0.255 e. The van der Waals surface area contributed by atoms with Crippen molar-refractivity contribution in [3.8, 4) is 0 Å². The van der Waals surface area contributed by atoms with Gasteiger partial charge in [-0.25, -0.2) is 0 Å². The first-order chi connectivity index (χ1) is 14.3. The molecule has 0 bridgehead atoms. The Morgan fingerprint density at radius 2 is 1.83 bits per heavy atom. The Hall–Kier alpha value is -2.62. The lowest BCUT2D eigenvalue weighted by Gasteiger charge is -2.39. The summed E-state index contributed by atoms with van der Waals surface area (Å²) in [5.74, 6) is 0.431. The zero-order chi connectivity index (χ0) is 21.7. The van der Waals surface area contributed by atoms with E-state index in [1.807, 2.05) is 36.1 Å². The summed E-state index contributed by atoms with van der Waals surface area (Å²) < 4.78 is 0. The van der Waals surface area contributed by atoms with Crippen molar-refractivity contribution in [2.24, 2.45) is 5.92 Å². The van der Waals surface area contributed by atoms with Crippen molar-refractivity contribution in [1.29, 1.82) is 0 Å². The Balaban J connectivity index is 1.86. The molecular formula is C26H34N2O2. The fourth-order valence-corrected chi connectivity index (χ4v) is 4.07. The van der Waals surface area contributed by atoms with Crippen LogP contribution in [-0.2, 0) is 17.6 Å². The van der Waals surface area contributed by atoms with Gasteiger partial charge in [-0.3, -0.25) is 9.59 Å². The summed E-state index contributed by atoms with van der Waals surface area (Å²) in [5, 5.41) is 3.10. The van der Waals surface area contributed by atoms with Crippen LogP contribution >= 0.6 is 0 Å². The highest BCUT2D eigenvalue weighted by atomic mass is 16.2. The predicted octanol–water partition coefficient (Wildman–Crippen LogP) is 4.55. The van der Waals surface area contributed by atoms with Crippen LogP contribution in [-0.4, -0.2) is 35.3 Å². The number of fused-ring (bicyclic) bond motifs is 1. The summed E-state index contributed by atoms with van der Waals surface area (Å²) in [5.41, 5.74) is 3.28. The average molecular weight is 407 g/mol. The van der Waals surface area contributed by atoms with Crippen molar-refractivity contribution in [1.82, 2.24) is 10.2 Å². The van der Waals surface area contributed by atoms with E-state index in [-0.39, 0.29) is 11.8 Å². The summed E-state index contributed by atoms with van der Waals surface area (Å²) in [4.78, 5) is 28.7. The molecule has 0 saturated carbocycles. The summed E-state index contributed by atoms with van der Waals surface area (Å²) in [6.45, 7) is 9.44. The van der Waals surface area contributed by atoms with Crippen LogP contribution in [0.3, 0.4) is 0 Å². The molecule has 0 unspecified atom stereocenters. The molecule has 0 spiro atoms. The van der Waals surface area contributed by atoms with E-state index < -0.39 is 5.54 Å². The number of nitrogens with zero attached hydrogens (tertiary/aromatic N) is 1. The van der Waals surface area contributed by atoms with Crippen LogP contribution in [0.1, 0.15) is 60.7 Å². The highest BCUT2D eigenvalue weighted by molar-refractivity contribution is 6.01. The zero-order valence-electron chi connectivity index (χ0n) is 18.7. The van der Waals surface area contributed by atoms with Crippen molar-refractivity contribution in [3.05, 3.63) is 70.8 Å². The normalized spacial score (nSPS) is 18.8. The quantitative estimate of drug-likeness (QED) is 0.733. The molecular weight excluding hydrogens is 372 g/mol. The minimum Gasteiger partial charge on any atom is -0.354 e. The summed E-state index contributed by atoms with van der Waals surface area (Å²) >= 11 is 0. The molecule has 1 atom stereocenters. The Kier molecular flexibility index (Phi) is 6.96. The molecule has 0 saturated heterocycles. The van der Waals surface area contributed by atoms with Gasteiger partial charge in [0.05, 0.1) is 0 Å². The predicted molar refractivity (Wildman–Crippen MR) is 122 cm³/mol. The van der Waals surface area contributed by atoms with Gasteiger partial charge in [0, 0.05) is 18.7 Å². The molecule has 30 heavy (non-hydrogen) atoms. The summed E-state index contributed by atoms with van der Waals surface area (Å²) in [7, 11) is 0. The maximum absolute atomic E-state index is 13.6. The summed E-state index contributed by atoms with van der Waals surface area (Å²) in [6, 6.07) is 16.2. The van der Waals surface area contributed by atoms with Crippen molar-refractivity contribution in [2.75, 3.05) is 13.1 Å². The number of benzene rings is 2. The van der Waals surface area contributed by atoms with Crippen LogP contribution < -0.4 is 5.32 Å². The number of carbonyl (C=O) groups excluding carboxylic acids is 2. The van der Waals surface area contributed by atoms with Gasteiger partial charge >= 0.3 is 0 Å². The topological polar surface area (TPSA) is 49.4 Å². The number of hydrogen-bond acceptors (Lipinski definition) is 2. The molecule has 4 nitrogen and oxygen atoms in total. The van der Waals surface area contributed by atoms with E-state index in [4.69, 9.17) is 0 Å². The SMILES string of the molecule is Cc1ccc(CCN2C(=O)c3ccccc3CC[C@]2(C)C(=O)NCCC(C)C)cc1. The standard InChI is InChI=1S/C26H34N2O2/c1-19(2)14-17-27-25(30)26(4)16-13-22-7-5-6-8-23(22)24(29)28(26)18-15-21-11-9-20(3)10-12-21/h5-12,19H,13-18H2,1-4H3,(H,27,30)/t26-/m1/s1. The Bertz CT molecular complexity index is 888. The maximum atomic E-state index is 13.6. The van der Waals surface area contributed by atoms with E-state index in [0.717, 1.165) is 30.4 Å². The van der Waals surface area contributed by atoms with Gasteiger partial charge < -0.3 is 10.2 Å². The monoisotopic (exact) mass is 406 g/mol. The molecule has 160 valence electrons. The fraction of sp³-hybridized carbons (Fsp3) is 0.462. The summed E-state index contributed by atoms with van der Waals surface area (Å²) in [6.07, 6.45) is 3.00. The molecule has 2 aromatic carbocycles. The molecule has 1 heterocycles. The van der Waals surface area contributed by atoms with Crippen LogP contribution in [0.5, 0.6) is 0 Å². The largest absolute Gasteiger partial charge is 0.354 e. The van der Waals surface area contributed by atoms with Crippen LogP contribution in [0.2, 0.25) is 0 Å². The first kappa shape index (κ1) is 22.1. The van der Waals surface area contributed by atoms with Gasteiger partial charge in [-0.2, -0.15) is 0 Å². The van der Waals surface area contributed by atoms with Crippen LogP contribution in [0.4, 0.5) is 0 Å². The number of carbonyl (C=O) groups is 2. The van der Waals surface area contributed by atoms with Crippen molar-refractivity contribution in [2.45, 2.75) is 58.9 Å². The van der Waals surface area contributed by atoms with Gasteiger partial charge in [0.2, 0.25) is 5.91 Å². The first-order valence-electron chi connectivity index (χ1n) is 11.0. The molecule has 0 aliphatic carbocycles. The minimum atomic E-state index is -0.863. The molecule has 2 aromatic rings. The van der Waals surface area contributed by atoms with E-state index in [1.165, 1.54) is 11.1 Å². The van der Waals surface area contributed by atoms with E-state index in [0.29, 0.717) is 25.4 Å². The van der Waals surface area contributed by atoms with Crippen molar-refractivity contribution < 1.29 is 9.59 Å². The minimum absolute atomic E-state index is 0.0447. The van der Waals surface area contributed by atoms with Crippen molar-refractivity contribution >= 4 is 11.8 Å². The molecule has 3 rings (SSSR count). The molecule has 0 fully saturated rings. The molecule has 4 heteroatoms. The lowest BCUT2D eigenvalue weighted by atomic mass is 9.91. The van der Waals surface area contributed by atoms with Crippen molar-refractivity contribution in [3.63, 3.8) is 0 Å². The second-order valence-corrected chi connectivity index (χ2v) is 9.06. The molecule has 0 aromatic heterocycles. The first-order valence-corrected chi connectivity index (χ1v) is 11.0. The van der Waals surface area contributed by atoms with Crippen LogP contribution in [0, 0.1) is 12.8 Å². The molecule has 0 radical (unpaired) electrons. The van der Waals surface area contributed by atoms with E-state index >= 15 is 0 Å². The molecule has 2 amide bonds. The second-order valence-electron chi connectivity index (χ2n) is 9.06. The number of aryl methyl sites for hydroxylation is 2. The number of hydrogen-bond donors (Lipinski definition) is 1. The number of amides is 2. The number of nitrogens with one attached hydrogen (secondary N) is 1. The van der Waals surface area contributed by atoms with Crippen LogP contribution in [0.25, 0.3) is 0 Å². The lowest BCUT2D eigenvalue weighted by Crippen LogP contribution is -2.59. The van der Waals surface area contributed by atoms with E-state index in [9.17, 15) is 9.59 Å². The fourth-order valence-electron chi connectivity index (χ4n) is 4.07. The van der Waals surface area contributed by atoms with Gasteiger partial charge in [-0.05, 0) is 62.6 Å².